The molecular formula is C18H21N2O5P. The molecule has 0 aliphatic heterocycles. The summed E-state index contributed by atoms with van der Waals surface area (Å²) in [5.74, 6) is -1.48. The molecule has 0 fully saturated rings. The summed E-state index contributed by atoms with van der Waals surface area (Å²) in [6.45, 7) is 0. The standard InChI is InChI=1S/C18H21N2O5P/c1-25-12-26(24)20-16(10-13-6-3-2-4-7-13)17(21)19-15-9-5-8-14(11-15)18(22)23/h2-9,11,16,26H,10,12H2,1H3,(H,19,21)(H,20,24)(H,22,23)/t16-/m0/s1. The van der Waals surface area contributed by atoms with Crippen LogP contribution in [0.2, 0.25) is 0 Å². The number of benzene rings is 2. The summed E-state index contributed by atoms with van der Waals surface area (Å²) in [5, 5.41) is 14.5. The van der Waals surface area contributed by atoms with Crippen molar-refractivity contribution in [2.75, 3.05) is 18.8 Å². The zero-order chi connectivity index (χ0) is 18.9. The van der Waals surface area contributed by atoms with Crippen molar-refractivity contribution in [3.05, 3.63) is 65.7 Å². The van der Waals surface area contributed by atoms with E-state index in [4.69, 9.17) is 9.84 Å². The highest BCUT2D eigenvalue weighted by Crippen LogP contribution is 2.18. The van der Waals surface area contributed by atoms with Crippen molar-refractivity contribution < 1.29 is 24.0 Å². The molecule has 138 valence electrons. The van der Waals surface area contributed by atoms with Gasteiger partial charge in [-0.2, -0.15) is 0 Å². The maximum absolute atomic E-state index is 12.7. The van der Waals surface area contributed by atoms with Crippen molar-refractivity contribution in [3.63, 3.8) is 0 Å². The molecule has 2 atom stereocenters. The summed E-state index contributed by atoms with van der Waals surface area (Å²) in [6, 6.07) is 14.6. The van der Waals surface area contributed by atoms with Gasteiger partial charge in [-0.05, 0) is 30.2 Å². The Morgan fingerprint density at radius 1 is 1.15 bits per heavy atom. The minimum atomic E-state index is -2.29. The highest BCUT2D eigenvalue weighted by molar-refractivity contribution is 7.42. The molecule has 0 saturated heterocycles. The maximum Gasteiger partial charge on any atom is 0.335 e. The Hall–Kier alpha value is -2.47. The average Bonchev–Trinajstić information content (AvgIpc) is 2.62. The van der Waals surface area contributed by atoms with Crippen LogP contribution < -0.4 is 10.4 Å². The van der Waals surface area contributed by atoms with Crippen molar-refractivity contribution in [2.24, 2.45) is 0 Å². The molecule has 0 aliphatic rings. The van der Waals surface area contributed by atoms with Crippen LogP contribution in [-0.4, -0.2) is 36.5 Å². The lowest BCUT2D eigenvalue weighted by molar-refractivity contribution is -0.117. The molecule has 2 aromatic carbocycles. The lowest BCUT2D eigenvalue weighted by atomic mass is 10.1. The smallest absolute Gasteiger partial charge is 0.335 e. The molecule has 3 N–H and O–H groups in total. The van der Waals surface area contributed by atoms with Crippen LogP contribution >= 0.6 is 7.95 Å². The zero-order valence-corrected chi connectivity index (χ0v) is 15.3. The first-order chi connectivity index (χ1) is 12.5. The summed E-state index contributed by atoms with van der Waals surface area (Å²) in [6.07, 6.45) is 0.364. The number of carboxylic acid groups (broad SMARTS) is 1. The summed E-state index contributed by atoms with van der Waals surface area (Å²) in [7, 11) is -0.854. The summed E-state index contributed by atoms with van der Waals surface area (Å²) in [4.78, 5) is 23.7. The van der Waals surface area contributed by atoms with Gasteiger partial charge in [0.1, 0.15) is 6.35 Å². The predicted octanol–water partition coefficient (Wildman–Crippen LogP) is 2.60. The van der Waals surface area contributed by atoms with Gasteiger partial charge in [0.15, 0.2) is 7.95 Å². The molecule has 2 aromatic rings. The van der Waals surface area contributed by atoms with E-state index in [0.29, 0.717) is 12.1 Å². The number of anilines is 1. The van der Waals surface area contributed by atoms with Gasteiger partial charge < -0.3 is 19.7 Å². The van der Waals surface area contributed by atoms with E-state index in [-0.39, 0.29) is 11.9 Å². The van der Waals surface area contributed by atoms with Gasteiger partial charge in [-0.1, -0.05) is 36.4 Å². The number of nitrogens with one attached hydrogen (secondary N) is 2. The van der Waals surface area contributed by atoms with E-state index in [1.807, 2.05) is 30.3 Å². The number of carboxylic acids is 1. The molecule has 0 heterocycles. The Balaban J connectivity index is 2.14. The molecule has 1 amide bonds. The van der Waals surface area contributed by atoms with Crippen LogP contribution in [0.5, 0.6) is 0 Å². The van der Waals surface area contributed by atoms with Crippen LogP contribution in [0.4, 0.5) is 5.69 Å². The Morgan fingerprint density at radius 3 is 2.54 bits per heavy atom. The first kappa shape index (κ1) is 19.8. The highest BCUT2D eigenvalue weighted by Gasteiger charge is 2.21. The van der Waals surface area contributed by atoms with Crippen LogP contribution in [-0.2, 0) is 20.5 Å². The molecule has 0 spiro atoms. The number of carbonyl (C=O) groups excluding carboxylic acids is 1. The largest absolute Gasteiger partial charge is 0.478 e. The number of amides is 1. The van der Waals surface area contributed by atoms with Gasteiger partial charge in [-0.25, -0.2) is 4.79 Å². The number of aromatic carboxylic acids is 1. The molecule has 2 rings (SSSR count). The number of ether oxygens (including phenoxy) is 1. The minimum Gasteiger partial charge on any atom is -0.478 e. The zero-order valence-electron chi connectivity index (χ0n) is 14.3. The fraction of sp³-hybridized carbons (Fsp3) is 0.222. The van der Waals surface area contributed by atoms with Crippen molar-refractivity contribution in [2.45, 2.75) is 12.5 Å². The first-order valence-corrected chi connectivity index (χ1v) is 9.57. The molecule has 0 saturated carbocycles. The number of hydrogen-bond acceptors (Lipinski definition) is 4. The van der Waals surface area contributed by atoms with E-state index in [2.05, 4.69) is 10.4 Å². The van der Waals surface area contributed by atoms with Crippen LogP contribution in [0.15, 0.2) is 54.6 Å². The highest BCUT2D eigenvalue weighted by atomic mass is 31.1. The van der Waals surface area contributed by atoms with Gasteiger partial charge in [-0.3, -0.25) is 9.88 Å². The van der Waals surface area contributed by atoms with E-state index >= 15 is 0 Å². The number of hydrogen-bond donors (Lipinski definition) is 3. The van der Waals surface area contributed by atoms with Gasteiger partial charge in [0.05, 0.1) is 11.6 Å². The van der Waals surface area contributed by atoms with Crippen molar-refractivity contribution >= 4 is 25.5 Å². The third kappa shape index (κ3) is 6.11. The average molecular weight is 376 g/mol. The maximum atomic E-state index is 12.7. The molecule has 0 bridgehead atoms. The second-order valence-electron chi connectivity index (χ2n) is 5.62. The SMILES string of the molecule is COC[PH](=O)N[C@@H](Cc1ccccc1)C(=O)Nc1cccc(C(=O)O)c1. The monoisotopic (exact) mass is 376 g/mol. The summed E-state index contributed by atoms with van der Waals surface area (Å²) < 4.78 is 16.9. The molecule has 0 aliphatic carbocycles. The quantitative estimate of drug-likeness (QED) is 0.581. The predicted molar refractivity (Wildman–Crippen MR) is 100.0 cm³/mol. The fourth-order valence-corrected chi connectivity index (χ4v) is 3.35. The van der Waals surface area contributed by atoms with E-state index in [1.165, 1.54) is 19.2 Å². The Labute approximate surface area is 152 Å². The minimum absolute atomic E-state index is 0.0255. The number of carbonyl (C=O) groups is 2. The molecule has 0 aromatic heterocycles. The van der Waals surface area contributed by atoms with Crippen LogP contribution in [0.1, 0.15) is 15.9 Å². The van der Waals surface area contributed by atoms with Crippen molar-refractivity contribution in [1.29, 1.82) is 0 Å². The number of rotatable bonds is 9. The second kappa shape index (κ2) is 9.87. The Morgan fingerprint density at radius 2 is 1.88 bits per heavy atom. The van der Waals surface area contributed by atoms with Gasteiger partial charge in [0, 0.05) is 12.8 Å². The van der Waals surface area contributed by atoms with Crippen molar-refractivity contribution in [1.82, 2.24) is 5.09 Å². The summed E-state index contributed by atoms with van der Waals surface area (Å²) in [5.41, 5.74) is 1.34. The molecular weight excluding hydrogens is 355 g/mol. The molecule has 0 radical (unpaired) electrons. The Bertz CT molecular complexity index is 782. The van der Waals surface area contributed by atoms with E-state index in [9.17, 15) is 14.2 Å². The van der Waals surface area contributed by atoms with Crippen molar-refractivity contribution in [3.8, 4) is 0 Å². The lowest BCUT2D eigenvalue weighted by Gasteiger charge is -2.18. The van der Waals surface area contributed by atoms with E-state index in [1.54, 1.807) is 12.1 Å². The number of methoxy groups -OCH3 is 1. The van der Waals surface area contributed by atoms with E-state index in [0.717, 1.165) is 5.56 Å². The first-order valence-electron chi connectivity index (χ1n) is 7.96. The van der Waals surface area contributed by atoms with Gasteiger partial charge in [-0.15, -0.1) is 0 Å². The molecule has 26 heavy (non-hydrogen) atoms. The van der Waals surface area contributed by atoms with E-state index < -0.39 is 25.9 Å². The molecule has 7 nitrogen and oxygen atoms in total. The Kier molecular flexibility index (Phi) is 7.53. The third-order valence-corrected chi connectivity index (χ3v) is 4.81. The fourth-order valence-electron chi connectivity index (χ4n) is 2.39. The van der Waals surface area contributed by atoms with Crippen LogP contribution in [0.3, 0.4) is 0 Å². The second-order valence-corrected chi connectivity index (χ2v) is 7.04. The summed E-state index contributed by atoms with van der Waals surface area (Å²) >= 11 is 0. The van der Waals surface area contributed by atoms with Gasteiger partial charge >= 0.3 is 5.97 Å². The van der Waals surface area contributed by atoms with Gasteiger partial charge in [0.2, 0.25) is 5.91 Å². The molecule has 8 heteroatoms. The third-order valence-electron chi connectivity index (χ3n) is 3.59. The molecule has 1 unspecified atom stereocenters. The lowest BCUT2D eigenvalue weighted by Crippen LogP contribution is -2.39. The van der Waals surface area contributed by atoms with Gasteiger partial charge in [0.25, 0.3) is 0 Å². The van der Waals surface area contributed by atoms with Crippen LogP contribution in [0, 0.1) is 0 Å². The topological polar surface area (TPSA) is 105 Å². The van der Waals surface area contributed by atoms with Crippen LogP contribution in [0.25, 0.3) is 0 Å². The normalized spacial score (nSPS) is 13.0.